The lowest BCUT2D eigenvalue weighted by Crippen LogP contribution is -2.24. The van der Waals surface area contributed by atoms with Gasteiger partial charge in [0, 0.05) is 39.2 Å². The average Bonchev–Trinajstić information content (AvgIpc) is 3.37. The molecule has 38 heavy (non-hydrogen) atoms. The minimum Gasteiger partial charge on any atom is -0.322 e. The molecule has 1 heterocycles. The van der Waals surface area contributed by atoms with Crippen LogP contribution in [0.2, 0.25) is 10.0 Å². The van der Waals surface area contributed by atoms with E-state index in [2.05, 4.69) is 15.6 Å². The quantitative estimate of drug-likeness (QED) is 0.117. The van der Waals surface area contributed by atoms with Gasteiger partial charge in [-0.1, -0.05) is 42.3 Å². The molecule has 4 rings (SSSR count). The molecule has 1 unspecified atom stereocenters. The van der Waals surface area contributed by atoms with Gasteiger partial charge in [-0.15, -0.1) is 23.1 Å². The van der Waals surface area contributed by atoms with Gasteiger partial charge in [0.05, 0.1) is 25.9 Å². The lowest BCUT2D eigenvalue weighted by Gasteiger charge is -2.14. The third-order valence-corrected chi connectivity index (χ3v) is 8.18. The van der Waals surface area contributed by atoms with Crippen molar-refractivity contribution in [3.63, 3.8) is 0 Å². The van der Waals surface area contributed by atoms with Gasteiger partial charge in [-0.2, -0.15) is 0 Å². The van der Waals surface area contributed by atoms with E-state index < -0.39 is 16.1 Å². The van der Waals surface area contributed by atoms with Crippen molar-refractivity contribution in [2.45, 2.75) is 23.5 Å². The van der Waals surface area contributed by atoms with Gasteiger partial charge in [0.2, 0.25) is 5.91 Å². The molecule has 0 aliphatic rings. The van der Waals surface area contributed by atoms with Crippen LogP contribution in [-0.4, -0.2) is 27.0 Å². The van der Waals surface area contributed by atoms with Crippen LogP contribution in [0.15, 0.2) is 77.0 Å². The summed E-state index contributed by atoms with van der Waals surface area (Å²) in [6.07, 6.45) is 0.570. The molecule has 3 aromatic carbocycles. The van der Waals surface area contributed by atoms with Gasteiger partial charge in [0.25, 0.3) is 11.6 Å². The Hall–Kier alpha value is -3.44. The van der Waals surface area contributed by atoms with Crippen LogP contribution in [0.25, 0.3) is 11.3 Å². The van der Waals surface area contributed by atoms with E-state index in [0.717, 1.165) is 10.5 Å². The summed E-state index contributed by atoms with van der Waals surface area (Å²) in [5.74, 6) is -0.582. The number of non-ortho nitro benzene ring substituents is 1. The Morgan fingerprint density at radius 2 is 1.82 bits per heavy atom. The number of benzene rings is 3. The zero-order valence-electron chi connectivity index (χ0n) is 19.8. The molecule has 2 N–H and O–H groups in total. The number of amides is 2. The van der Waals surface area contributed by atoms with E-state index in [0.29, 0.717) is 38.5 Å². The molecule has 0 radical (unpaired) electrons. The molecule has 0 saturated carbocycles. The number of nitrogens with one attached hydrogen (secondary N) is 2. The predicted molar refractivity (Wildman–Crippen MR) is 154 cm³/mol. The smallest absolute Gasteiger partial charge is 0.269 e. The number of hydrogen-bond donors (Lipinski definition) is 2. The minimum absolute atomic E-state index is 0.0906. The Morgan fingerprint density at radius 3 is 2.50 bits per heavy atom. The molecule has 0 spiro atoms. The van der Waals surface area contributed by atoms with Crippen molar-refractivity contribution in [3.05, 3.63) is 97.8 Å². The number of hydrogen-bond acceptors (Lipinski definition) is 7. The van der Waals surface area contributed by atoms with Crippen LogP contribution in [-0.2, 0) is 4.79 Å². The zero-order valence-corrected chi connectivity index (χ0v) is 23.0. The number of halogens is 2. The second-order valence-electron chi connectivity index (χ2n) is 7.96. The number of nitro groups is 1. The summed E-state index contributed by atoms with van der Waals surface area (Å²) in [6.45, 7) is 1.92. The van der Waals surface area contributed by atoms with E-state index in [1.165, 1.54) is 47.4 Å². The first-order valence-corrected chi connectivity index (χ1v) is 13.8. The fraction of sp³-hybridized carbons (Fsp3) is 0.115. The summed E-state index contributed by atoms with van der Waals surface area (Å²) in [4.78, 5) is 41.1. The van der Waals surface area contributed by atoms with Crippen molar-refractivity contribution in [2.75, 3.05) is 10.6 Å². The molecule has 194 valence electrons. The average molecular weight is 588 g/mol. The molecule has 0 bridgehead atoms. The SMILES string of the molecule is CCC(Sc1cccc(NC(=O)c2ccc([N+](=O)[O-])cc2)c1)C(=O)Nc1nc(-c2ccc(Cl)c(Cl)c2)cs1. The van der Waals surface area contributed by atoms with Gasteiger partial charge in [-0.05, 0) is 48.9 Å². The van der Waals surface area contributed by atoms with Crippen LogP contribution in [0.4, 0.5) is 16.5 Å². The van der Waals surface area contributed by atoms with Gasteiger partial charge >= 0.3 is 0 Å². The highest BCUT2D eigenvalue weighted by Gasteiger charge is 2.20. The molecule has 0 saturated heterocycles. The maximum absolute atomic E-state index is 13.0. The standard InChI is InChI=1S/C26H20Cl2N4O4S2/c1-2-23(25(34)31-26-30-22(14-37-26)16-8-11-20(27)21(28)12-16)38-19-5-3-4-17(13-19)29-24(33)15-6-9-18(10-7-15)32(35)36/h3-14,23H,2H2,1H3,(H,29,33)(H,30,31,34). The molecule has 4 aromatic rings. The first-order valence-electron chi connectivity index (χ1n) is 11.3. The molecule has 0 aliphatic carbocycles. The van der Waals surface area contributed by atoms with Crippen molar-refractivity contribution in [1.29, 1.82) is 0 Å². The largest absolute Gasteiger partial charge is 0.322 e. The second kappa shape index (κ2) is 12.4. The van der Waals surface area contributed by atoms with Crippen molar-refractivity contribution < 1.29 is 14.5 Å². The highest BCUT2D eigenvalue weighted by atomic mass is 35.5. The third kappa shape index (κ3) is 6.90. The molecule has 1 atom stereocenters. The van der Waals surface area contributed by atoms with Gasteiger partial charge in [0.1, 0.15) is 0 Å². The molecule has 0 aliphatic heterocycles. The zero-order chi connectivity index (χ0) is 27.2. The van der Waals surface area contributed by atoms with Gasteiger partial charge in [-0.25, -0.2) is 4.98 Å². The number of nitrogens with zero attached hydrogens (tertiary/aromatic N) is 2. The summed E-state index contributed by atoms with van der Waals surface area (Å²) in [6, 6.07) is 17.7. The Kier molecular flexibility index (Phi) is 9.01. The maximum atomic E-state index is 13.0. The van der Waals surface area contributed by atoms with Gasteiger partial charge < -0.3 is 10.6 Å². The first kappa shape index (κ1) is 27.6. The normalized spacial score (nSPS) is 11.6. The Bertz CT molecular complexity index is 1490. The molecule has 2 amide bonds. The molecular weight excluding hydrogens is 567 g/mol. The summed E-state index contributed by atoms with van der Waals surface area (Å²) in [5, 5.41) is 19.3. The van der Waals surface area contributed by atoms with Gasteiger partial charge in [-0.3, -0.25) is 19.7 Å². The monoisotopic (exact) mass is 586 g/mol. The number of carbonyl (C=O) groups excluding carboxylic acids is 2. The number of anilines is 2. The fourth-order valence-electron chi connectivity index (χ4n) is 3.38. The number of thioether (sulfide) groups is 1. The highest BCUT2D eigenvalue weighted by Crippen LogP contribution is 2.32. The van der Waals surface area contributed by atoms with Crippen LogP contribution in [0.1, 0.15) is 23.7 Å². The molecule has 0 fully saturated rings. The van der Waals surface area contributed by atoms with Gasteiger partial charge in [0.15, 0.2) is 5.13 Å². The van der Waals surface area contributed by atoms with Crippen molar-refractivity contribution in [1.82, 2.24) is 4.98 Å². The molecule has 12 heteroatoms. The van der Waals surface area contributed by atoms with E-state index in [1.807, 2.05) is 24.4 Å². The molecule has 1 aromatic heterocycles. The van der Waals surface area contributed by atoms with E-state index in [9.17, 15) is 19.7 Å². The number of nitro benzene ring substituents is 1. The first-order chi connectivity index (χ1) is 18.2. The third-order valence-electron chi connectivity index (χ3n) is 5.32. The van der Waals surface area contributed by atoms with Crippen molar-refractivity contribution >= 4 is 74.6 Å². The summed E-state index contributed by atoms with van der Waals surface area (Å²) in [7, 11) is 0. The summed E-state index contributed by atoms with van der Waals surface area (Å²) < 4.78 is 0. The molecule has 8 nitrogen and oxygen atoms in total. The fourth-order valence-corrected chi connectivity index (χ4v) is 5.41. The van der Waals surface area contributed by atoms with Crippen molar-refractivity contribution in [3.8, 4) is 11.3 Å². The van der Waals surface area contributed by atoms with E-state index in [4.69, 9.17) is 23.2 Å². The van der Waals surface area contributed by atoms with E-state index in [-0.39, 0.29) is 11.6 Å². The maximum Gasteiger partial charge on any atom is 0.269 e. The van der Waals surface area contributed by atoms with Crippen LogP contribution in [0.5, 0.6) is 0 Å². The van der Waals surface area contributed by atoms with E-state index in [1.54, 1.807) is 30.3 Å². The van der Waals surface area contributed by atoms with Crippen LogP contribution in [0, 0.1) is 10.1 Å². The second-order valence-corrected chi connectivity index (χ2v) is 10.9. The number of thiazole rings is 1. The Labute approximate surface area is 236 Å². The minimum atomic E-state index is -0.522. The van der Waals surface area contributed by atoms with Crippen LogP contribution in [0.3, 0.4) is 0 Å². The van der Waals surface area contributed by atoms with Crippen LogP contribution < -0.4 is 10.6 Å². The Balaban J connectivity index is 1.39. The lowest BCUT2D eigenvalue weighted by molar-refractivity contribution is -0.384. The number of aromatic nitrogens is 1. The van der Waals surface area contributed by atoms with Crippen LogP contribution >= 0.6 is 46.3 Å². The summed E-state index contributed by atoms with van der Waals surface area (Å²) >= 11 is 14.8. The number of carbonyl (C=O) groups is 2. The van der Waals surface area contributed by atoms with E-state index >= 15 is 0 Å². The summed E-state index contributed by atoms with van der Waals surface area (Å²) in [5.41, 5.74) is 2.22. The predicted octanol–water partition coefficient (Wildman–Crippen LogP) is 7.79. The highest BCUT2D eigenvalue weighted by molar-refractivity contribution is 8.00. The topological polar surface area (TPSA) is 114 Å². The molecular formula is C26H20Cl2N4O4S2. The van der Waals surface area contributed by atoms with Crippen molar-refractivity contribution in [2.24, 2.45) is 0 Å². The Morgan fingerprint density at radius 1 is 1.05 bits per heavy atom. The number of rotatable bonds is 9. The lowest BCUT2D eigenvalue weighted by atomic mass is 10.2.